The van der Waals surface area contributed by atoms with E-state index in [1.165, 1.54) is 19.1 Å². The summed E-state index contributed by atoms with van der Waals surface area (Å²) in [5, 5.41) is 17.7. The molecule has 2 rings (SSSR count). The van der Waals surface area contributed by atoms with Gasteiger partial charge in [0.15, 0.2) is 6.10 Å². The minimum Gasteiger partial charge on any atom is -0.479 e. The van der Waals surface area contributed by atoms with Crippen molar-refractivity contribution < 1.29 is 24.5 Å². The van der Waals surface area contributed by atoms with Gasteiger partial charge < -0.3 is 14.9 Å². The Bertz CT molecular complexity index is 737. The molecule has 2 aromatic carbocycles. The molecule has 0 aromatic heterocycles. The molecule has 0 unspecified atom stereocenters. The third-order valence-electron chi connectivity index (χ3n) is 3.00. The predicted molar refractivity (Wildman–Crippen MR) is 84.8 cm³/mol. The van der Waals surface area contributed by atoms with Crippen molar-refractivity contribution in [3.8, 4) is 5.75 Å². The van der Waals surface area contributed by atoms with E-state index in [0.29, 0.717) is 11.4 Å². The van der Waals surface area contributed by atoms with E-state index in [1.807, 2.05) is 0 Å². The number of carboxylic acid groups (broad SMARTS) is 2. The predicted octanol–water partition coefficient (Wildman–Crippen LogP) is 2.99. The lowest BCUT2D eigenvalue weighted by molar-refractivity contribution is -0.144. The van der Waals surface area contributed by atoms with Gasteiger partial charge in [0.05, 0.1) is 11.3 Å². The fraction of sp³-hybridized carbons (Fsp3) is 0.118. The molecule has 118 valence electrons. The second-order valence-electron chi connectivity index (χ2n) is 4.78. The molecule has 1 atom stereocenters. The average molecular weight is 313 g/mol. The maximum absolute atomic E-state index is 10.9. The third kappa shape index (κ3) is 4.67. The molecule has 23 heavy (non-hydrogen) atoms. The highest BCUT2D eigenvalue weighted by Gasteiger charge is 2.11. The van der Waals surface area contributed by atoms with Crippen molar-refractivity contribution in [2.75, 3.05) is 0 Å². The van der Waals surface area contributed by atoms with Crippen molar-refractivity contribution in [3.63, 3.8) is 0 Å². The number of aromatic carboxylic acids is 1. The van der Waals surface area contributed by atoms with E-state index in [2.05, 4.69) is 4.99 Å². The van der Waals surface area contributed by atoms with Crippen LogP contribution in [-0.2, 0) is 4.79 Å². The van der Waals surface area contributed by atoms with Crippen LogP contribution in [0.5, 0.6) is 5.75 Å². The number of ether oxygens (including phenoxy) is 1. The Kier molecular flexibility index (Phi) is 5.09. The standard InChI is InChI=1S/C17H15NO5/c1-11(16(19)20)23-15-7-5-12(6-8-15)10-18-14-4-2-3-13(9-14)17(21)22/h2-11H,1H3,(H,19,20)(H,21,22)/t11-/m0/s1. The number of carbonyl (C=O) groups is 2. The Balaban J connectivity index is 2.07. The summed E-state index contributed by atoms with van der Waals surface area (Å²) >= 11 is 0. The van der Waals surface area contributed by atoms with Crippen molar-refractivity contribution in [2.24, 2.45) is 4.99 Å². The number of nitrogens with zero attached hydrogens (tertiary/aromatic N) is 1. The summed E-state index contributed by atoms with van der Waals surface area (Å²) in [7, 11) is 0. The van der Waals surface area contributed by atoms with Gasteiger partial charge in [-0.3, -0.25) is 4.99 Å². The van der Waals surface area contributed by atoms with Gasteiger partial charge in [0.1, 0.15) is 5.75 Å². The molecule has 2 N–H and O–H groups in total. The number of rotatable bonds is 6. The van der Waals surface area contributed by atoms with Gasteiger partial charge in [0.25, 0.3) is 0 Å². The minimum absolute atomic E-state index is 0.172. The van der Waals surface area contributed by atoms with Gasteiger partial charge in [0.2, 0.25) is 0 Å². The lowest BCUT2D eigenvalue weighted by Crippen LogP contribution is -2.22. The monoisotopic (exact) mass is 313 g/mol. The van der Waals surface area contributed by atoms with Crippen LogP contribution in [0.2, 0.25) is 0 Å². The van der Waals surface area contributed by atoms with Crippen LogP contribution in [0.4, 0.5) is 5.69 Å². The maximum atomic E-state index is 10.9. The van der Waals surface area contributed by atoms with E-state index in [4.69, 9.17) is 14.9 Å². The maximum Gasteiger partial charge on any atom is 0.344 e. The van der Waals surface area contributed by atoms with Crippen molar-refractivity contribution in [2.45, 2.75) is 13.0 Å². The lowest BCUT2D eigenvalue weighted by atomic mass is 10.2. The van der Waals surface area contributed by atoms with E-state index in [-0.39, 0.29) is 5.56 Å². The zero-order chi connectivity index (χ0) is 16.8. The molecule has 0 spiro atoms. The fourth-order valence-corrected chi connectivity index (χ4v) is 1.76. The van der Waals surface area contributed by atoms with Gasteiger partial charge in [0, 0.05) is 6.21 Å². The van der Waals surface area contributed by atoms with E-state index < -0.39 is 18.0 Å². The van der Waals surface area contributed by atoms with Gasteiger partial charge in [-0.1, -0.05) is 6.07 Å². The van der Waals surface area contributed by atoms with E-state index in [1.54, 1.807) is 42.6 Å². The first-order chi connectivity index (χ1) is 11.0. The van der Waals surface area contributed by atoms with Gasteiger partial charge in [-0.05, 0) is 55.0 Å². The van der Waals surface area contributed by atoms with Gasteiger partial charge >= 0.3 is 11.9 Å². The fourth-order valence-electron chi connectivity index (χ4n) is 1.76. The van der Waals surface area contributed by atoms with Gasteiger partial charge in [-0.25, -0.2) is 9.59 Å². The lowest BCUT2D eigenvalue weighted by Gasteiger charge is -2.09. The first-order valence-electron chi connectivity index (χ1n) is 6.82. The van der Waals surface area contributed by atoms with Gasteiger partial charge in [-0.2, -0.15) is 0 Å². The van der Waals surface area contributed by atoms with Crippen molar-refractivity contribution in [1.29, 1.82) is 0 Å². The third-order valence-corrected chi connectivity index (χ3v) is 3.00. The highest BCUT2D eigenvalue weighted by molar-refractivity contribution is 5.89. The van der Waals surface area contributed by atoms with Crippen LogP contribution in [0.3, 0.4) is 0 Å². The summed E-state index contributed by atoms with van der Waals surface area (Å²) in [6.07, 6.45) is 0.666. The number of aliphatic imine (C=N–C) groups is 1. The molecule has 0 aliphatic heterocycles. The molecule has 6 nitrogen and oxygen atoms in total. The van der Waals surface area contributed by atoms with E-state index in [9.17, 15) is 9.59 Å². The van der Waals surface area contributed by atoms with Crippen molar-refractivity contribution in [3.05, 3.63) is 59.7 Å². The van der Waals surface area contributed by atoms with Crippen molar-refractivity contribution >= 4 is 23.8 Å². The Morgan fingerprint density at radius 2 is 1.83 bits per heavy atom. The van der Waals surface area contributed by atoms with Crippen LogP contribution in [0.1, 0.15) is 22.8 Å². The van der Waals surface area contributed by atoms with Crippen molar-refractivity contribution in [1.82, 2.24) is 0 Å². The molecule has 0 aliphatic rings. The molecular weight excluding hydrogens is 298 g/mol. The number of hydrogen-bond acceptors (Lipinski definition) is 4. The number of hydrogen-bond donors (Lipinski definition) is 2. The topological polar surface area (TPSA) is 96.2 Å². The molecule has 0 aliphatic carbocycles. The average Bonchev–Trinajstić information content (AvgIpc) is 2.54. The normalized spacial score (nSPS) is 12.0. The molecule has 0 amide bonds. The Labute approximate surface area is 132 Å². The van der Waals surface area contributed by atoms with Gasteiger partial charge in [-0.15, -0.1) is 0 Å². The summed E-state index contributed by atoms with van der Waals surface area (Å²) in [6.45, 7) is 1.45. The van der Waals surface area contributed by atoms with Crippen LogP contribution in [-0.4, -0.2) is 34.5 Å². The molecule has 2 aromatic rings. The molecule has 6 heteroatoms. The zero-order valence-corrected chi connectivity index (χ0v) is 12.3. The smallest absolute Gasteiger partial charge is 0.344 e. The summed E-state index contributed by atoms with van der Waals surface area (Å²) in [6, 6.07) is 13.1. The highest BCUT2D eigenvalue weighted by atomic mass is 16.5. The number of aliphatic carboxylic acids is 1. The highest BCUT2D eigenvalue weighted by Crippen LogP contribution is 2.16. The Hall–Kier alpha value is -3.15. The van der Waals surface area contributed by atoms with Crippen LogP contribution >= 0.6 is 0 Å². The SMILES string of the molecule is C[C@H](Oc1ccc(C=Nc2cccc(C(=O)O)c2)cc1)C(=O)O. The summed E-state index contributed by atoms with van der Waals surface area (Å²) < 4.78 is 5.23. The van der Waals surface area contributed by atoms with Crippen LogP contribution in [0.15, 0.2) is 53.5 Å². The molecule has 0 saturated heterocycles. The second-order valence-corrected chi connectivity index (χ2v) is 4.78. The first kappa shape index (κ1) is 16.2. The van der Waals surface area contributed by atoms with Crippen LogP contribution < -0.4 is 4.74 Å². The van der Waals surface area contributed by atoms with E-state index in [0.717, 1.165) is 5.56 Å². The quantitative estimate of drug-likeness (QED) is 0.799. The first-order valence-corrected chi connectivity index (χ1v) is 6.82. The van der Waals surface area contributed by atoms with E-state index >= 15 is 0 Å². The zero-order valence-electron chi connectivity index (χ0n) is 12.3. The number of benzene rings is 2. The summed E-state index contributed by atoms with van der Waals surface area (Å²) in [5.74, 6) is -1.59. The number of carboxylic acids is 2. The van der Waals surface area contributed by atoms with Crippen LogP contribution in [0, 0.1) is 0 Å². The second kappa shape index (κ2) is 7.22. The molecule has 0 saturated carbocycles. The van der Waals surface area contributed by atoms with Crippen LogP contribution in [0.25, 0.3) is 0 Å². The molecule has 0 radical (unpaired) electrons. The Morgan fingerprint density at radius 3 is 2.43 bits per heavy atom. The molecular formula is C17H15NO5. The Morgan fingerprint density at radius 1 is 1.13 bits per heavy atom. The molecule has 0 fully saturated rings. The largest absolute Gasteiger partial charge is 0.479 e. The molecule has 0 bridgehead atoms. The molecule has 0 heterocycles. The summed E-state index contributed by atoms with van der Waals surface area (Å²) in [5.41, 5.74) is 1.48. The summed E-state index contributed by atoms with van der Waals surface area (Å²) in [4.78, 5) is 25.8. The minimum atomic E-state index is -1.03.